The van der Waals surface area contributed by atoms with Gasteiger partial charge in [-0.1, -0.05) is 35.9 Å². The third-order valence-corrected chi connectivity index (χ3v) is 13.3. The summed E-state index contributed by atoms with van der Waals surface area (Å²) in [6, 6.07) is 18.5. The molecule has 1 amide bonds. The van der Waals surface area contributed by atoms with Crippen LogP contribution in [0.1, 0.15) is 101 Å². The standard InChI is InChI=1S/C48H60FN9O/c1-32(26-45-33(2)52-19-14-43(45)39-10-13-47(51-5)53-29-39)34(3)56-22-17-36(18-23-56)35-6-8-38(9-7-35)48(59)57-24-25-58-42(31-57)27-41(54-58)30-55-20-15-37(16-21-55)44-12-11-40(50-4)28-46(44)49/h6-14,19,26-28,34,36-37,50-51,53H,15-18,20-25,29-31H2,1-5H3/b32-26+. The maximum absolute atomic E-state index is 14.8. The van der Waals surface area contributed by atoms with Crippen molar-refractivity contribution >= 4 is 23.2 Å². The number of aryl methyl sites for hydroxylation is 1. The summed E-state index contributed by atoms with van der Waals surface area (Å²) in [5.74, 6) is 1.72. The van der Waals surface area contributed by atoms with Crippen LogP contribution in [0.25, 0.3) is 11.6 Å². The molecule has 10 nitrogen and oxygen atoms in total. The lowest BCUT2D eigenvalue weighted by molar-refractivity contribution is 0.0706. The summed E-state index contributed by atoms with van der Waals surface area (Å²) in [6.45, 7) is 14.1. The summed E-state index contributed by atoms with van der Waals surface area (Å²) < 4.78 is 16.8. The molecular formula is C48H60FN9O. The fourth-order valence-electron chi connectivity index (χ4n) is 9.45. The number of anilines is 1. The smallest absolute Gasteiger partial charge is 0.254 e. The third-order valence-electron chi connectivity index (χ3n) is 13.3. The molecule has 0 spiro atoms. The van der Waals surface area contributed by atoms with Crippen LogP contribution in [0.5, 0.6) is 0 Å². The van der Waals surface area contributed by atoms with Crippen molar-refractivity contribution in [2.45, 2.75) is 84.0 Å². The summed E-state index contributed by atoms with van der Waals surface area (Å²) in [6.07, 6.45) is 12.6. The van der Waals surface area contributed by atoms with Crippen molar-refractivity contribution in [3.63, 3.8) is 0 Å². The molecule has 0 bridgehead atoms. The second-order valence-corrected chi connectivity index (χ2v) is 16.8. The van der Waals surface area contributed by atoms with E-state index in [1.54, 1.807) is 6.07 Å². The summed E-state index contributed by atoms with van der Waals surface area (Å²) in [5.41, 5.74) is 11.9. The van der Waals surface area contributed by atoms with Gasteiger partial charge in [0, 0.05) is 68.5 Å². The van der Waals surface area contributed by atoms with Gasteiger partial charge >= 0.3 is 0 Å². The SMILES string of the molecule is CNC1=CC=C(c2ccnc(C)c2/C=C(\C)C(C)N2CCC(c3ccc(C(=O)N4CCn5nc(CN6CCC(c7ccc(NC)cc7F)CC6)cc5C4)cc3)CC2)CN1. The fraction of sp³-hybridized carbons (Fsp3) is 0.438. The highest BCUT2D eigenvalue weighted by Crippen LogP contribution is 2.34. The van der Waals surface area contributed by atoms with Gasteiger partial charge in [-0.25, -0.2) is 4.39 Å². The maximum Gasteiger partial charge on any atom is 0.254 e. The molecule has 2 aromatic heterocycles. The number of amides is 1. The molecule has 1 atom stereocenters. The number of likely N-dealkylation sites (tertiary alicyclic amines) is 2. The van der Waals surface area contributed by atoms with Gasteiger partial charge in [0.2, 0.25) is 0 Å². The Bertz CT molecular complexity index is 2220. The lowest BCUT2D eigenvalue weighted by atomic mass is 9.87. The largest absolute Gasteiger partial charge is 0.388 e. The third kappa shape index (κ3) is 9.01. The molecule has 11 heteroatoms. The maximum atomic E-state index is 14.8. The summed E-state index contributed by atoms with van der Waals surface area (Å²) in [7, 11) is 3.74. The Morgan fingerprint density at radius 3 is 2.39 bits per heavy atom. The van der Waals surface area contributed by atoms with Crippen LogP contribution in [0, 0.1) is 12.7 Å². The van der Waals surface area contributed by atoms with Crippen LogP contribution < -0.4 is 16.0 Å². The Morgan fingerprint density at radius 2 is 1.69 bits per heavy atom. The number of benzene rings is 2. The van der Waals surface area contributed by atoms with E-state index in [1.165, 1.54) is 27.8 Å². The first-order chi connectivity index (χ1) is 28.7. The van der Waals surface area contributed by atoms with Gasteiger partial charge in [-0.15, -0.1) is 0 Å². The number of nitrogens with one attached hydrogen (secondary N) is 3. The van der Waals surface area contributed by atoms with E-state index in [2.05, 4.69) is 98.7 Å². The molecule has 6 heterocycles. The molecule has 1 unspecified atom stereocenters. The zero-order valence-corrected chi connectivity index (χ0v) is 35.4. The lowest BCUT2D eigenvalue weighted by Crippen LogP contribution is -2.40. The molecule has 3 N–H and O–H groups in total. The molecule has 0 saturated carbocycles. The van der Waals surface area contributed by atoms with E-state index in [9.17, 15) is 9.18 Å². The van der Waals surface area contributed by atoms with Crippen molar-refractivity contribution in [2.24, 2.45) is 0 Å². The van der Waals surface area contributed by atoms with E-state index >= 15 is 0 Å². The number of aromatic nitrogens is 3. The van der Waals surface area contributed by atoms with E-state index in [-0.39, 0.29) is 17.6 Å². The molecule has 59 heavy (non-hydrogen) atoms. The van der Waals surface area contributed by atoms with Crippen LogP contribution in [0.4, 0.5) is 10.1 Å². The topological polar surface area (TPSA) is 93.6 Å². The Hall–Kier alpha value is -5.26. The first kappa shape index (κ1) is 40.5. The number of allylic oxidation sites excluding steroid dienone is 2. The number of fused-ring (bicyclic) bond motifs is 1. The lowest BCUT2D eigenvalue weighted by Gasteiger charge is -2.37. The van der Waals surface area contributed by atoms with Gasteiger partial charge in [-0.3, -0.25) is 24.3 Å². The Morgan fingerprint density at radius 1 is 0.932 bits per heavy atom. The van der Waals surface area contributed by atoms with E-state index < -0.39 is 0 Å². The Labute approximate surface area is 349 Å². The van der Waals surface area contributed by atoms with E-state index in [0.29, 0.717) is 31.6 Å². The zero-order valence-electron chi connectivity index (χ0n) is 35.4. The predicted octanol–water partition coefficient (Wildman–Crippen LogP) is 7.52. The Balaban J connectivity index is 0.822. The highest BCUT2D eigenvalue weighted by atomic mass is 19.1. The molecule has 4 aliphatic heterocycles. The van der Waals surface area contributed by atoms with E-state index in [4.69, 9.17) is 5.10 Å². The number of halogens is 1. The molecule has 4 aromatic rings. The molecule has 0 radical (unpaired) electrons. The normalized spacial score (nSPS) is 19.1. The quantitative estimate of drug-likeness (QED) is 0.144. The number of dihydropyridines is 1. The number of rotatable bonds is 11. The molecule has 2 aromatic carbocycles. The van der Waals surface area contributed by atoms with Crippen molar-refractivity contribution in [1.82, 2.24) is 40.1 Å². The number of nitrogens with zero attached hydrogens (tertiary/aromatic N) is 6. The van der Waals surface area contributed by atoms with Gasteiger partial charge in [-0.2, -0.15) is 5.10 Å². The first-order valence-corrected chi connectivity index (χ1v) is 21.5. The minimum Gasteiger partial charge on any atom is -0.388 e. The van der Waals surface area contributed by atoms with Crippen molar-refractivity contribution in [1.29, 1.82) is 0 Å². The zero-order chi connectivity index (χ0) is 41.0. The predicted molar refractivity (Wildman–Crippen MR) is 235 cm³/mol. The van der Waals surface area contributed by atoms with Crippen LogP contribution in [0.3, 0.4) is 0 Å². The van der Waals surface area contributed by atoms with Crippen LogP contribution >= 0.6 is 0 Å². The molecule has 310 valence electrons. The van der Waals surface area contributed by atoms with Gasteiger partial charge in [-0.05, 0) is 149 Å². The monoisotopic (exact) mass is 797 g/mol. The number of carbonyl (C=O) groups is 1. The summed E-state index contributed by atoms with van der Waals surface area (Å²) >= 11 is 0. The molecule has 4 aliphatic rings. The van der Waals surface area contributed by atoms with Crippen molar-refractivity contribution < 1.29 is 9.18 Å². The number of hydrogen-bond donors (Lipinski definition) is 3. The summed E-state index contributed by atoms with van der Waals surface area (Å²) in [4.78, 5) is 25.4. The molecule has 2 saturated heterocycles. The number of piperidine rings is 2. The van der Waals surface area contributed by atoms with Gasteiger partial charge in [0.05, 0.1) is 30.3 Å². The average molecular weight is 798 g/mol. The minimum atomic E-state index is -0.118. The molecule has 2 fully saturated rings. The van der Waals surface area contributed by atoms with Crippen molar-refractivity contribution in [3.05, 3.63) is 135 Å². The van der Waals surface area contributed by atoms with Crippen LogP contribution in [0.2, 0.25) is 0 Å². The van der Waals surface area contributed by atoms with E-state index in [0.717, 1.165) is 105 Å². The number of pyridine rings is 1. The van der Waals surface area contributed by atoms with Gasteiger partial charge in [0.15, 0.2) is 0 Å². The highest BCUT2D eigenvalue weighted by molar-refractivity contribution is 5.94. The van der Waals surface area contributed by atoms with Crippen LogP contribution in [-0.2, 0) is 19.6 Å². The molecule has 8 rings (SSSR count). The van der Waals surface area contributed by atoms with Crippen molar-refractivity contribution in [2.75, 3.05) is 58.7 Å². The highest BCUT2D eigenvalue weighted by Gasteiger charge is 2.28. The van der Waals surface area contributed by atoms with Gasteiger partial charge < -0.3 is 20.9 Å². The number of carbonyl (C=O) groups excluding carboxylic acids is 1. The average Bonchev–Trinajstić information content (AvgIpc) is 3.68. The van der Waals surface area contributed by atoms with Gasteiger partial charge in [0.1, 0.15) is 5.82 Å². The van der Waals surface area contributed by atoms with Crippen LogP contribution in [0.15, 0.2) is 84.3 Å². The van der Waals surface area contributed by atoms with E-state index in [1.807, 2.05) is 49.5 Å². The molecular weight excluding hydrogens is 738 g/mol. The fourth-order valence-corrected chi connectivity index (χ4v) is 9.45. The van der Waals surface area contributed by atoms with Crippen LogP contribution in [-0.4, -0.2) is 94.8 Å². The molecule has 0 aliphatic carbocycles. The first-order valence-electron chi connectivity index (χ1n) is 21.5. The minimum absolute atomic E-state index is 0.0794. The summed E-state index contributed by atoms with van der Waals surface area (Å²) in [5, 5.41) is 14.6. The second-order valence-electron chi connectivity index (χ2n) is 16.8. The Kier molecular flexibility index (Phi) is 12.3. The van der Waals surface area contributed by atoms with Gasteiger partial charge in [0.25, 0.3) is 5.91 Å². The number of hydrogen-bond acceptors (Lipinski definition) is 8. The van der Waals surface area contributed by atoms with Crippen molar-refractivity contribution in [3.8, 4) is 0 Å². The second kappa shape index (κ2) is 17.9.